The molecule has 1 atom stereocenters. The van der Waals surface area contributed by atoms with Gasteiger partial charge in [-0.1, -0.05) is 15.9 Å². The smallest absolute Gasteiger partial charge is 0.231 e. The number of amides is 1. The van der Waals surface area contributed by atoms with Crippen LogP contribution in [0.4, 0.5) is 10.1 Å². The van der Waals surface area contributed by atoms with Crippen molar-refractivity contribution < 1.29 is 18.7 Å². The second-order valence-electron chi connectivity index (χ2n) is 5.30. The number of carbonyl (C=O) groups excluding carboxylic acids is 2. The fourth-order valence-electron chi connectivity index (χ4n) is 2.41. The first-order valence-corrected chi connectivity index (χ1v) is 7.81. The van der Waals surface area contributed by atoms with Gasteiger partial charge in [-0.05, 0) is 48.9 Å². The van der Waals surface area contributed by atoms with Crippen LogP contribution in [0.5, 0.6) is 5.75 Å². The lowest BCUT2D eigenvalue weighted by Gasteiger charge is -2.08. The Labute approximate surface area is 140 Å². The molecule has 23 heavy (non-hydrogen) atoms. The van der Waals surface area contributed by atoms with Gasteiger partial charge < -0.3 is 10.1 Å². The first-order chi connectivity index (χ1) is 11.0. The maximum atomic E-state index is 13.7. The second kappa shape index (κ2) is 6.12. The summed E-state index contributed by atoms with van der Waals surface area (Å²) in [6.07, 6.45) is 0. The highest BCUT2D eigenvalue weighted by Gasteiger charge is 2.27. The molecule has 1 N–H and O–H groups in total. The Kier molecular flexibility index (Phi) is 4.17. The Bertz CT molecular complexity index is 806. The maximum absolute atomic E-state index is 13.7. The maximum Gasteiger partial charge on any atom is 0.231 e. The van der Waals surface area contributed by atoms with E-state index in [2.05, 4.69) is 21.2 Å². The van der Waals surface area contributed by atoms with Gasteiger partial charge in [0.05, 0.1) is 5.92 Å². The lowest BCUT2D eigenvalue weighted by Crippen LogP contribution is -2.12. The first kappa shape index (κ1) is 15.7. The number of rotatable bonds is 4. The summed E-state index contributed by atoms with van der Waals surface area (Å²) in [7, 11) is 0. The molecule has 6 heteroatoms. The fourth-order valence-corrected chi connectivity index (χ4v) is 2.74. The van der Waals surface area contributed by atoms with Crippen LogP contribution in [0.1, 0.15) is 28.8 Å². The quantitative estimate of drug-likeness (QED) is 0.821. The zero-order valence-electron chi connectivity index (χ0n) is 12.2. The van der Waals surface area contributed by atoms with Gasteiger partial charge in [0.15, 0.2) is 24.0 Å². The molecule has 0 aliphatic carbocycles. The number of halogens is 2. The molecule has 1 amide bonds. The van der Waals surface area contributed by atoms with Gasteiger partial charge in [0, 0.05) is 15.7 Å². The molecule has 3 rings (SSSR count). The van der Waals surface area contributed by atoms with Gasteiger partial charge >= 0.3 is 0 Å². The summed E-state index contributed by atoms with van der Waals surface area (Å²) in [5, 5.41) is 2.75. The van der Waals surface area contributed by atoms with Gasteiger partial charge in [0.2, 0.25) is 5.91 Å². The molecule has 0 unspecified atom stereocenters. The molecule has 1 heterocycles. The molecule has 0 spiro atoms. The van der Waals surface area contributed by atoms with E-state index in [1.54, 1.807) is 31.2 Å². The molecule has 0 bridgehead atoms. The minimum absolute atomic E-state index is 0.0212. The highest BCUT2D eigenvalue weighted by Crippen LogP contribution is 2.32. The lowest BCUT2D eigenvalue weighted by atomic mass is 9.99. The number of hydrogen-bond acceptors (Lipinski definition) is 3. The van der Waals surface area contributed by atoms with Crippen molar-refractivity contribution in [2.75, 3.05) is 11.9 Å². The zero-order valence-corrected chi connectivity index (χ0v) is 13.8. The zero-order chi connectivity index (χ0) is 16.6. The standard InChI is InChI=1S/C17H13BrFNO3/c1-9-12-6-10(2-4-14(12)20-17(9)22)15(21)8-23-16-5-3-11(18)7-13(16)19/h2-7,9H,8H2,1H3,(H,20,22)/t9-/m1/s1. The molecule has 2 aromatic rings. The molecular weight excluding hydrogens is 365 g/mol. The normalized spacial score (nSPS) is 16.0. The van der Waals surface area contributed by atoms with E-state index in [1.807, 2.05) is 0 Å². The van der Waals surface area contributed by atoms with E-state index in [4.69, 9.17) is 4.74 Å². The van der Waals surface area contributed by atoms with E-state index in [1.165, 1.54) is 12.1 Å². The van der Waals surface area contributed by atoms with Crippen LogP contribution >= 0.6 is 15.9 Å². The summed E-state index contributed by atoms with van der Waals surface area (Å²) >= 11 is 3.16. The predicted molar refractivity (Wildman–Crippen MR) is 87.4 cm³/mol. The molecule has 1 aliphatic heterocycles. The summed E-state index contributed by atoms with van der Waals surface area (Å²) < 4.78 is 19.5. The largest absolute Gasteiger partial charge is 0.482 e. The van der Waals surface area contributed by atoms with Gasteiger partial charge in [-0.15, -0.1) is 0 Å². The predicted octanol–water partition coefficient (Wildman–Crippen LogP) is 3.91. The van der Waals surface area contributed by atoms with Crippen molar-refractivity contribution in [3.63, 3.8) is 0 Å². The molecule has 0 saturated heterocycles. The van der Waals surface area contributed by atoms with E-state index >= 15 is 0 Å². The minimum atomic E-state index is -0.537. The Hall–Kier alpha value is -2.21. The van der Waals surface area contributed by atoms with Crippen molar-refractivity contribution in [3.05, 3.63) is 57.8 Å². The van der Waals surface area contributed by atoms with Crippen LogP contribution in [0.15, 0.2) is 40.9 Å². The number of carbonyl (C=O) groups is 2. The monoisotopic (exact) mass is 377 g/mol. The van der Waals surface area contributed by atoms with Crippen LogP contribution in [0.25, 0.3) is 0 Å². The average Bonchev–Trinajstić information content (AvgIpc) is 2.80. The minimum Gasteiger partial charge on any atom is -0.482 e. The van der Waals surface area contributed by atoms with E-state index in [0.29, 0.717) is 10.0 Å². The lowest BCUT2D eigenvalue weighted by molar-refractivity contribution is -0.116. The van der Waals surface area contributed by atoms with Crippen molar-refractivity contribution in [1.29, 1.82) is 0 Å². The van der Waals surface area contributed by atoms with E-state index in [9.17, 15) is 14.0 Å². The first-order valence-electron chi connectivity index (χ1n) is 7.01. The molecule has 1 aliphatic rings. The highest BCUT2D eigenvalue weighted by atomic mass is 79.9. The molecule has 0 aromatic heterocycles. The van der Waals surface area contributed by atoms with E-state index < -0.39 is 5.82 Å². The van der Waals surface area contributed by atoms with Gasteiger partial charge in [-0.25, -0.2) is 4.39 Å². The van der Waals surface area contributed by atoms with Crippen molar-refractivity contribution in [2.45, 2.75) is 12.8 Å². The van der Waals surface area contributed by atoms with Gasteiger partial charge in [-0.3, -0.25) is 9.59 Å². The topological polar surface area (TPSA) is 55.4 Å². The van der Waals surface area contributed by atoms with E-state index in [0.717, 1.165) is 11.3 Å². The fraction of sp³-hybridized carbons (Fsp3) is 0.176. The molecule has 4 nitrogen and oxygen atoms in total. The van der Waals surface area contributed by atoms with Crippen LogP contribution < -0.4 is 10.1 Å². The Morgan fingerprint density at radius 3 is 2.83 bits per heavy atom. The molecule has 0 radical (unpaired) electrons. The highest BCUT2D eigenvalue weighted by molar-refractivity contribution is 9.10. The van der Waals surface area contributed by atoms with Crippen molar-refractivity contribution in [2.24, 2.45) is 0 Å². The third-order valence-electron chi connectivity index (χ3n) is 3.74. The van der Waals surface area contributed by atoms with E-state index in [-0.39, 0.29) is 30.0 Å². The summed E-state index contributed by atoms with van der Waals surface area (Å²) in [6, 6.07) is 9.37. The third kappa shape index (κ3) is 3.12. The number of ketones is 1. The SMILES string of the molecule is C[C@H]1C(=O)Nc2ccc(C(=O)COc3ccc(Br)cc3F)cc21. The van der Waals surface area contributed by atoms with Crippen LogP contribution in [-0.2, 0) is 4.79 Å². The van der Waals surface area contributed by atoms with Crippen molar-refractivity contribution in [3.8, 4) is 5.75 Å². The number of ether oxygens (including phenoxy) is 1. The number of hydrogen-bond donors (Lipinski definition) is 1. The average molecular weight is 378 g/mol. The summed E-state index contributed by atoms with van der Waals surface area (Å²) in [6.45, 7) is 1.51. The summed E-state index contributed by atoms with van der Waals surface area (Å²) in [5.41, 5.74) is 1.94. The van der Waals surface area contributed by atoms with Gasteiger partial charge in [-0.2, -0.15) is 0 Å². The van der Waals surface area contributed by atoms with Crippen LogP contribution in [0.2, 0.25) is 0 Å². The molecule has 118 valence electrons. The number of fused-ring (bicyclic) bond motifs is 1. The molecular formula is C17H13BrFNO3. The Balaban J connectivity index is 1.73. The van der Waals surface area contributed by atoms with Gasteiger partial charge in [0.1, 0.15) is 0 Å². The molecule has 0 fully saturated rings. The van der Waals surface area contributed by atoms with Crippen LogP contribution in [0.3, 0.4) is 0 Å². The number of benzene rings is 2. The number of nitrogens with one attached hydrogen (secondary N) is 1. The molecule has 2 aromatic carbocycles. The molecule has 0 saturated carbocycles. The number of anilines is 1. The summed E-state index contributed by atoms with van der Waals surface area (Å²) in [5.74, 6) is -1.17. The Morgan fingerprint density at radius 1 is 1.30 bits per heavy atom. The van der Waals surface area contributed by atoms with Gasteiger partial charge in [0.25, 0.3) is 0 Å². The second-order valence-corrected chi connectivity index (χ2v) is 6.22. The van der Waals surface area contributed by atoms with Crippen LogP contribution in [-0.4, -0.2) is 18.3 Å². The third-order valence-corrected chi connectivity index (χ3v) is 4.24. The number of Topliss-reactive ketones (excluding diaryl/α,β-unsaturated/α-hetero) is 1. The summed E-state index contributed by atoms with van der Waals surface area (Å²) in [4.78, 5) is 23.8. The Morgan fingerprint density at radius 2 is 2.09 bits per heavy atom. The van der Waals surface area contributed by atoms with Crippen molar-refractivity contribution >= 4 is 33.3 Å². The van der Waals surface area contributed by atoms with Crippen molar-refractivity contribution in [1.82, 2.24) is 0 Å². The van der Waals surface area contributed by atoms with Crippen LogP contribution in [0, 0.1) is 5.82 Å².